The minimum atomic E-state index is -1.14. The first-order chi connectivity index (χ1) is 10.0. The molecule has 0 radical (unpaired) electrons. The molecule has 21 heavy (non-hydrogen) atoms. The maximum atomic E-state index is 11.0. The third-order valence-electron chi connectivity index (χ3n) is 2.50. The molecule has 0 saturated heterocycles. The number of allylic oxidation sites excluding steroid dienone is 1. The Bertz CT molecular complexity index is 527. The summed E-state index contributed by atoms with van der Waals surface area (Å²) in [5.41, 5.74) is 6.13. The van der Waals surface area contributed by atoms with Crippen LogP contribution >= 0.6 is 0 Å². The van der Waals surface area contributed by atoms with Gasteiger partial charge in [0.2, 0.25) is 0 Å². The summed E-state index contributed by atoms with van der Waals surface area (Å²) in [4.78, 5) is 24.8. The average molecular weight is 292 g/mol. The van der Waals surface area contributed by atoms with Crippen LogP contribution in [0.15, 0.2) is 29.4 Å². The Morgan fingerprint density at radius 3 is 2.95 bits per heavy atom. The van der Waals surface area contributed by atoms with Crippen molar-refractivity contribution in [2.75, 3.05) is 32.5 Å². The van der Waals surface area contributed by atoms with E-state index in [1.54, 1.807) is 6.21 Å². The second-order valence-corrected chi connectivity index (χ2v) is 4.53. The van der Waals surface area contributed by atoms with Crippen LogP contribution in [0.4, 0.5) is 5.69 Å². The quantitative estimate of drug-likeness (QED) is 0.469. The maximum absolute atomic E-state index is 11.0. The zero-order valence-corrected chi connectivity index (χ0v) is 12.2. The number of nitrogens with one attached hydrogen (secondary N) is 1. The molecule has 1 aromatic heterocycles. The van der Waals surface area contributed by atoms with Gasteiger partial charge in [0.25, 0.3) is 0 Å². The number of carboxylic acid groups (broad SMARTS) is 1. The molecular formula is C13H20N6O2. The molecule has 0 fully saturated rings. The number of hydrogen-bond acceptors (Lipinski definition) is 7. The van der Waals surface area contributed by atoms with Crippen LogP contribution in [0.3, 0.4) is 0 Å². The normalized spacial score (nSPS) is 12.0. The number of aromatic carboxylic acids is 1. The molecule has 0 atom stereocenters. The molecule has 0 saturated carbocycles. The van der Waals surface area contributed by atoms with Gasteiger partial charge < -0.3 is 21.1 Å². The summed E-state index contributed by atoms with van der Waals surface area (Å²) in [7, 11) is 4.00. The van der Waals surface area contributed by atoms with Crippen LogP contribution in [0.5, 0.6) is 0 Å². The molecule has 1 rings (SSSR count). The summed E-state index contributed by atoms with van der Waals surface area (Å²) in [5.74, 6) is -1.14. The molecule has 1 aromatic rings. The van der Waals surface area contributed by atoms with Crippen molar-refractivity contribution in [3.63, 3.8) is 0 Å². The lowest BCUT2D eigenvalue weighted by atomic mass is 10.3. The summed E-state index contributed by atoms with van der Waals surface area (Å²) < 4.78 is 0. The minimum absolute atomic E-state index is 0.120. The molecule has 1 heterocycles. The second-order valence-electron chi connectivity index (χ2n) is 4.53. The minimum Gasteiger partial charge on any atom is -0.476 e. The number of hydrogen-bond donors (Lipinski definition) is 3. The Balaban J connectivity index is 2.63. The third kappa shape index (κ3) is 6.00. The molecule has 0 aliphatic rings. The van der Waals surface area contributed by atoms with Crippen LogP contribution < -0.4 is 11.1 Å². The lowest BCUT2D eigenvalue weighted by Crippen LogP contribution is -2.14. The fourth-order valence-electron chi connectivity index (χ4n) is 1.51. The molecule has 114 valence electrons. The first-order valence-electron chi connectivity index (χ1n) is 6.41. The summed E-state index contributed by atoms with van der Waals surface area (Å²) in [6.45, 7) is 1.61. The average Bonchev–Trinajstić information content (AvgIpc) is 2.45. The van der Waals surface area contributed by atoms with Gasteiger partial charge in [0, 0.05) is 19.0 Å². The predicted octanol–water partition coefficient (Wildman–Crippen LogP) is 0.409. The van der Waals surface area contributed by atoms with Gasteiger partial charge in [0.15, 0.2) is 5.69 Å². The van der Waals surface area contributed by atoms with E-state index in [0.717, 1.165) is 13.0 Å². The highest BCUT2D eigenvalue weighted by Gasteiger charge is 2.11. The highest BCUT2D eigenvalue weighted by Crippen LogP contribution is 2.12. The molecule has 8 heteroatoms. The molecular weight excluding hydrogens is 272 g/mol. The standard InChI is InChI=1S/C13H20N6O2/c1-19(2)5-3-4-15-7-10(6-14)18-11-8-16-9-17-12(11)13(20)21/h6-9,18H,3-5,14H2,1-2H3,(H,20,21). The van der Waals surface area contributed by atoms with Crippen molar-refractivity contribution < 1.29 is 9.90 Å². The molecule has 0 bridgehead atoms. The van der Waals surface area contributed by atoms with Gasteiger partial charge in [-0.1, -0.05) is 0 Å². The Morgan fingerprint density at radius 1 is 1.57 bits per heavy atom. The van der Waals surface area contributed by atoms with E-state index in [1.165, 1.54) is 18.7 Å². The predicted molar refractivity (Wildman–Crippen MR) is 81.4 cm³/mol. The molecule has 0 aliphatic carbocycles. The summed E-state index contributed by atoms with van der Waals surface area (Å²) in [6.07, 6.45) is 6.36. The van der Waals surface area contributed by atoms with Gasteiger partial charge in [0.1, 0.15) is 6.33 Å². The van der Waals surface area contributed by atoms with Crippen LogP contribution in [0.25, 0.3) is 0 Å². The number of anilines is 1. The SMILES string of the molecule is CN(C)CCCN=CC(=CN)Nc1cncnc1C(=O)O. The number of nitrogens with two attached hydrogens (primary N) is 1. The summed E-state index contributed by atoms with van der Waals surface area (Å²) in [5, 5.41) is 11.9. The molecule has 0 spiro atoms. The Labute approximate surface area is 123 Å². The van der Waals surface area contributed by atoms with E-state index in [-0.39, 0.29) is 11.4 Å². The van der Waals surface area contributed by atoms with E-state index >= 15 is 0 Å². The first-order valence-corrected chi connectivity index (χ1v) is 6.41. The number of carbonyl (C=O) groups is 1. The van der Waals surface area contributed by atoms with Crippen molar-refractivity contribution in [3.8, 4) is 0 Å². The Hall–Kier alpha value is -2.48. The smallest absolute Gasteiger partial charge is 0.356 e. The monoisotopic (exact) mass is 292 g/mol. The molecule has 4 N–H and O–H groups in total. The number of nitrogens with zero attached hydrogens (tertiary/aromatic N) is 4. The van der Waals surface area contributed by atoms with Crippen LogP contribution in [0.1, 0.15) is 16.9 Å². The van der Waals surface area contributed by atoms with E-state index in [0.29, 0.717) is 12.2 Å². The first kappa shape index (κ1) is 16.6. The van der Waals surface area contributed by atoms with Crippen LogP contribution in [-0.4, -0.2) is 59.3 Å². The molecule has 0 amide bonds. The summed E-state index contributed by atoms with van der Waals surface area (Å²) in [6, 6.07) is 0. The van der Waals surface area contributed by atoms with Crippen molar-refractivity contribution in [1.82, 2.24) is 14.9 Å². The topological polar surface area (TPSA) is 117 Å². The lowest BCUT2D eigenvalue weighted by Gasteiger charge is -2.08. The molecule has 8 nitrogen and oxygen atoms in total. The largest absolute Gasteiger partial charge is 0.476 e. The van der Waals surface area contributed by atoms with E-state index in [2.05, 4.69) is 25.2 Å². The van der Waals surface area contributed by atoms with Crippen molar-refractivity contribution in [2.24, 2.45) is 10.7 Å². The highest BCUT2D eigenvalue weighted by atomic mass is 16.4. The molecule has 0 aromatic carbocycles. The van der Waals surface area contributed by atoms with Crippen LogP contribution in [-0.2, 0) is 0 Å². The number of rotatable bonds is 8. The van der Waals surface area contributed by atoms with Gasteiger partial charge >= 0.3 is 5.97 Å². The van der Waals surface area contributed by atoms with E-state index in [9.17, 15) is 4.79 Å². The van der Waals surface area contributed by atoms with Crippen molar-refractivity contribution in [3.05, 3.63) is 30.1 Å². The lowest BCUT2D eigenvalue weighted by molar-refractivity contribution is 0.0691. The van der Waals surface area contributed by atoms with E-state index in [4.69, 9.17) is 10.8 Å². The van der Waals surface area contributed by atoms with Crippen LogP contribution in [0.2, 0.25) is 0 Å². The summed E-state index contributed by atoms with van der Waals surface area (Å²) >= 11 is 0. The third-order valence-corrected chi connectivity index (χ3v) is 2.50. The van der Waals surface area contributed by atoms with Crippen molar-refractivity contribution >= 4 is 17.9 Å². The maximum Gasteiger partial charge on any atom is 0.356 e. The Kier molecular flexibility index (Phi) is 6.82. The van der Waals surface area contributed by atoms with Gasteiger partial charge in [-0.25, -0.2) is 14.8 Å². The zero-order valence-electron chi connectivity index (χ0n) is 12.2. The van der Waals surface area contributed by atoms with E-state index in [1.807, 2.05) is 14.1 Å². The highest BCUT2D eigenvalue weighted by molar-refractivity contribution is 5.93. The van der Waals surface area contributed by atoms with Gasteiger partial charge in [-0.05, 0) is 27.1 Å². The Morgan fingerprint density at radius 2 is 2.33 bits per heavy atom. The number of aromatic nitrogens is 2. The van der Waals surface area contributed by atoms with Gasteiger partial charge in [0.05, 0.1) is 17.6 Å². The molecule has 0 unspecified atom stereocenters. The fourth-order valence-corrected chi connectivity index (χ4v) is 1.51. The number of carboxylic acids is 1. The van der Waals surface area contributed by atoms with Gasteiger partial charge in [-0.3, -0.25) is 4.99 Å². The van der Waals surface area contributed by atoms with Gasteiger partial charge in [-0.15, -0.1) is 0 Å². The van der Waals surface area contributed by atoms with E-state index < -0.39 is 5.97 Å². The van der Waals surface area contributed by atoms with Crippen LogP contribution in [0, 0.1) is 0 Å². The molecule has 0 aliphatic heterocycles. The zero-order chi connectivity index (χ0) is 15.7. The van der Waals surface area contributed by atoms with Gasteiger partial charge in [-0.2, -0.15) is 0 Å². The number of aliphatic imine (C=N–C) groups is 1. The fraction of sp³-hybridized carbons (Fsp3) is 0.385. The second kappa shape index (κ2) is 8.64. The van der Waals surface area contributed by atoms with Crippen molar-refractivity contribution in [1.29, 1.82) is 0 Å². The van der Waals surface area contributed by atoms with Crippen molar-refractivity contribution in [2.45, 2.75) is 6.42 Å².